The number of rotatable bonds is 3. The standard InChI is InChI=1S/C13H21N3O3/c1-9-7-12(17)16(19-9)13(18)8-15-6-4-3-5-11(15)10(2)14/h7,10-11H,3-6,8,14H2,1-2H3. The molecule has 6 nitrogen and oxygen atoms in total. The normalized spacial score (nSPS) is 22.4. The van der Waals surface area contributed by atoms with E-state index in [1.807, 2.05) is 6.92 Å². The maximum absolute atomic E-state index is 12.1. The van der Waals surface area contributed by atoms with E-state index < -0.39 is 5.56 Å². The van der Waals surface area contributed by atoms with Gasteiger partial charge in [0.2, 0.25) is 0 Å². The van der Waals surface area contributed by atoms with E-state index in [-0.39, 0.29) is 24.5 Å². The second kappa shape index (κ2) is 5.71. The van der Waals surface area contributed by atoms with Gasteiger partial charge in [-0.3, -0.25) is 14.5 Å². The van der Waals surface area contributed by atoms with Crippen LogP contribution in [0, 0.1) is 6.92 Å². The van der Waals surface area contributed by atoms with E-state index in [2.05, 4.69) is 4.90 Å². The largest absolute Gasteiger partial charge is 0.373 e. The third kappa shape index (κ3) is 3.13. The zero-order valence-electron chi connectivity index (χ0n) is 11.5. The molecule has 1 fully saturated rings. The fraction of sp³-hybridized carbons (Fsp3) is 0.692. The molecule has 6 heteroatoms. The lowest BCUT2D eigenvalue weighted by Crippen LogP contribution is -2.51. The smallest absolute Gasteiger partial charge is 0.290 e. The molecule has 106 valence electrons. The highest BCUT2D eigenvalue weighted by Crippen LogP contribution is 2.18. The topological polar surface area (TPSA) is 81.5 Å². The predicted molar refractivity (Wildman–Crippen MR) is 71.2 cm³/mol. The Bertz CT molecular complexity index is 503. The Morgan fingerprint density at radius 3 is 2.89 bits per heavy atom. The number of piperidine rings is 1. The fourth-order valence-electron chi connectivity index (χ4n) is 2.67. The summed E-state index contributed by atoms with van der Waals surface area (Å²) >= 11 is 0. The van der Waals surface area contributed by atoms with E-state index in [0.29, 0.717) is 5.76 Å². The molecule has 0 saturated carbocycles. The van der Waals surface area contributed by atoms with Crippen LogP contribution in [0.4, 0.5) is 0 Å². The third-order valence-corrected chi connectivity index (χ3v) is 3.60. The van der Waals surface area contributed by atoms with Crippen molar-refractivity contribution in [3.05, 3.63) is 22.2 Å². The first-order valence-corrected chi connectivity index (χ1v) is 6.72. The van der Waals surface area contributed by atoms with Gasteiger partial charge in [-0.25, -0.2) is 0 Å². The summed E-state index contributed by atoms with van der Waals surface area (Å²) in [5, 5.41) is 0. The summed E-state index contributed by atoms with van der Waals surface area (Å²) in [5.74, 6) is 0.117. The lowest BCUT2D eigenvalue weighted by molar-refractivity contribution is 0.0616. The molecule has 2 heterocycles. The highest BCUT2D eigenvalue weighted by atomic mass is 16.5. The molecular weight excluding hydrogens is 246 g/mol. The summed E-state index contributed by atoms with van der Waals surface area (Å²) < 4.78 is 5.95. The number of hydrogen-bond donors (Lipinski definition) is 1. The van der Waals surface area contributed by atoms with E-state index in [1.54, 1.807) is 6.92 Å². The van der Waals surface area contributed by atoms with Gasteiger partial charge < -0.3 is 10.3 Å². The number of nitrogens with zero attached hydrogens (tertiary/aromatic N) is 2. The summed E-state index contributed by atoms with van der Waals surface area (Å²) in [7, 11) is 0. The van der Waals surface area contributed by atoms with Crippen molar-refractivity contribution in [2.24, 2.45) is 5.73 Å². The molecule has 1 aromatic rings. The molecule has 19 heavy (non-hydrogen) atoms. The van der Waals surface area contributed by atoms with Gasteiger partial charge in [0.1, 0.15) is 5.76 Å². The molecule has 0 aliphatic carbocycles. The third-order valence-electron chi connectivity index (χ3n) is 3.60. The predicted octanol–water partition coefficient (Wildman–Crippen LogP) is 0.592. The van der Waals surface area contributed by atoms with Crippen LogP contribution in [0.25, 0.3) is 0 Å². The molecule has 0 spiro atoms. The van der Waals surface area contributed by atoms with Crippen molar-refractivity contribution in [2.75, 3.05) is 13.1 Å². The van der Waals surface area contributed by atoms with Crippen molar-refractivity contribution in [3.63, 3.8) is 0 Å². The van der Waals surface area contributed by atoms with Crippen LogP contribution in [0.3, 0.4) is 0 Å². The molecule has 1 aromatic heterocycles. The summed E-state index contributed by atoms with van der Waals surface area (Å²) in [4.78, 5) is 25.7. The van der Waals surface area contributed by atoms with Gasteiger partial charge in [-0.1, -0.05) is 6.42 Å². The van der Waals surface area contributed by atoms with Gasteiger partial charge >= 0.3 is 0 Å². The average Bonchev–Trinajstić information content (AvgIpc) is 2.69. The Kier molecular flexibility index (Phi) is 4.21. The van der Waals surface area contributed by atoms with E-state index in [9.17, 15) is 9.59 Å². The van der Waals surface area contributed by atoms with Crippen LogP contribution in [0.2, 0.25) is 0 Å². The van der Waals surface area contributed by atoms with Gasteiger partial charge in [0.15, 0.2) is 0 Å². The van der Waals surface area contributed by atoms with Crippen molar-refractivity contribution in [3.8, 4) is 0 Å². The SMILES string of the molecule is Cc1cc(=O)n(C(=O)CN2CCCCC2C(C)N)o1. The van der Waals surface area contributed by atoms with E-state index in [1.165, 1.54) is 6.07 Å². The summed E-state index contributed by atoms with van der Waals surface area (Å²) in [6.45, 7) is 4.62. The van der Waals surface area contributed by atoms with Gasteiger partial charge in [-0.2, -0.15) is 0 Å². The molecular formula is C13H21N3O3. The molecule has 0 amide bonds. The fourth-order valence-corrected chi connectivity index (χ4v) is 2.67. The number of carbonyl (C=O) groups excluding carboxylic acids is 1. The molecule has 0 bridgehead atoms. The second-order valence-corrected chi connectivity index (χ2v) is 5.27. The van der Waals surface area contributed by atoms with E-state index >= 15 is 0 Å². The summed E-state index contributed by atoms with van der Waals surface area (Å²) in [6, 6.07) is 1.53. The summed E-state index contributed by atoms with van der Waals surface area (Å²) in [5.41, 5.74) is 5.56. The van der Waals surface area contributed by atoms with Crippen LogP contribution < -0.4 is 11.3 Å². The van der Waals surface area contributed by atoms with E-state index in [0.717, 1.165) is 30.5 Å². The molecule has 0 radical (unpaired) electrons. The zero-order chi connectivity index (χ0) is 14.0. The number of hydrogen-bond acceptors (Lipinski definition) is 5. The molecule has 1 aliphatic heterocycles. The maximum atomic E-state index is 12.1. The lowest BCUT2D eigenvalue weighted by Gasteiger charge is -2.37. The number of carbonyl (C=O) groups is 1. The summed E-state index contributed by atoms with van der Waals surface area (Å²) in [6.07, 6.45) is 3.19. The number of likely N-dealkylation sites (tertiary alicyclic amines) is 1. The second-order valence-electron chi connectivity index (χ2n) is 5.27. The quantitative estimate of drug-likeness (QED) is 0.867. The van der Waals surface area contributed by atoms with Crippen LogP contribution >= 0.6 is 0 Å². The van der Waals surface area contributed by atoms with Crippen LogP contribution in [0.1, 0.15) is 36.7 Å². The zero-order valence-corrected chi connectivity index (χ0v) is 11.5. The maximum Gasteiger partial charge on any atom is 0.290 e. The Labute approximate surface area is 112 Å². The van der Waals surface area contributed by atoms with Crippen LogP contribution in [-0.4, -0.2) is 40.7 Å². The Morgan fingerprint density at radius 1 is 1.58 bits per heavy atom. The van der Waals surface area contributed by atoms with Gasteiger partial charge in [0, 0.05) is 18.2 Å². The molecule has 1 saturated heterocycles. The van der Waals surface area contributed by atoms with Gasteiger partial charge in [0.25, 0.3) is 11.5 Å². The van der Waals surface area contributed by atoms with Crippen LogP contribution in [-0.2, 0) is 0 Å². The van der Waals surface area contributed by atoms with Crippen LogP contribution in [0.5, 0.6) is 0 Å². The minimum Gasteiger partial charge on any atom is -0.373 e. The first-order chi connectivity index (χ1) is 8.99. The van der Waals surface area contributed by atoms with Gasteiger partial charge in [-0.05, 0) is 33.2 Å². The van der Waals surface area contributed by atoms with Gasteiger partial charge in [0.05, 0.1) is 6.54 Å². The minimum atomic E-state index is -0.406. The lowest BCUT2D eigenvalue weighted by atomic mass is 9.97. The number of nitrogens with two attached hydrogens (primary N) is 1. The molecule has 2 rings (SSSR count). The van der Waals surface area contributed by atoms with E-state index in [4.69, 9.17) is 10.3 Å². The van der Waals surface area contributed by atoms with Crippen molar-refractivity contribution < 1.29 is 9.32 Å². The van der Waals surface area contributed by atoms with Crippen molar-refractivity contribution in [1.29, 1.82) is 0 Å². The Hall–Kier alpha value is -1.40. The van der Waals surface area contributed by atoms with Gasteiger partial charge in [-0.15, -0.1) is 4.74 Å². The van der Waals surface area contributed by atoms with Crippen molar-refractivity contribution in [2.45, 2.75) is 45.2 Å². The Balaban J connectivity index is 2.09. The average molecular weight is 267 g/mol. The highest BCUT2D eigenvalue weighted by molar-refractivity contribution is 5.79. The highest BCUT2D eigenvalue weighted by Gasteiger charge is 2.28. The monoisotopic (exact) mass is 267 g/mol. The first kappa shape index (κ1) is 14.0. The first-order valence-electron chi connectivity index (χ1n) is 6.72. The molecule has 2 N–H and O–H groups in total. The number of aromatic nitrogens is 1. The molecule has 2 atom stereocenters. The Morgan fingerprint density at radius 2 is 2.32 bits per heavy atom. The molecule has 2 unspecified atom stereocenters. The minimum absolute atomic E-state index is 0.0168. The van der Waals surface area contributed by atoms with Crippen molar-refractivity contribution >= 4 is 5.91 Å². The molecule has 1 aliphatic rings. The molecule has 0 aromatic carbocycles. The number of aryl methyl sites for hydroxylation is 1. The van der Waals surface area contributed by atoms with Crippen molar-refractivity contribution in [1.82, 2.24) is 9.64 Å². The van der Waals surface area contributed by atoms with Crippen LogP contribution in [0.15, 0.2) is 15.4 Å².